The fourth-order valence-electron chi connectivity index (χ4n) is 1.65. The average molecular weight is 251 g/mol. The summed E-state index contributed by atoms with van der Waals surface area (Å²) in [6.07, 6.45) is 5.12. The Labute approximate surface area is 108 Å². The first-order valence-electron chi connectivity index (χ1n) is 6.34. The average Bonchev–Trinajstić information content (AvgIpc) is 2.39. The Morgan fingerprint density at radius 3 is 2.44 bits per heavy atom. The van der Waals surface area contributed by atoms with Gasteiger partial charge in [-0.2, -0.15) is 0 Å². The first-order valence-corrected chi connectivity index (χ1v) is 6.34. The lowest BCUT2D eigenvalue weighted by atomic mass is 9.99. The summed E-state index contributed by atoms with van der Waals surface area (Å²) < 4.78 is 0. The lowest BCUT2D eigenvalue weighted by Gasteiger charge is -2.20. The number of carboxylic acids is 1. The molecule has 0 aliphatic rings. The summed E-state index contributed by atoms with van der Waals surface area (Å²) in [6, 6.07) is -0.527. The molecule has 0 fully saturated rings. The molecule has 18 heavy (non-hydrogen) atoms. The normalized spacial score (nSPS) is 14.2. The van der Waals surface area contributed by atoms with E-state index in [-0.39, 0.29) is 5.92 Å². The van der Waals surface area contributed by atoms with Gasteiger partial charge < -0.3 is 5.11 Å². The summed E-state index contributed by atoms with van der Waals surface area (Å²) in [6.45, 7) is 6.39. The highest BCUT2D eigenvalue weighted by molar-refractivity contribution is 5.73. The van der Waals surface area contributed by atoms with Crippen LogP contribution in [0.4, 0.5) is 0 Å². The van der Waals surface area contributed by atoms with E-state index in [2.05, 4.69) is 15.3 Å². The number of hydrogen-bond donors (Lipinski definition) is 2. The molecule has 0 spiro atoms. The van der Waals surface area contributed by atoms with Crippen LogP contribution in [0.1, 0.15) is 38.6 Å². The van der Waals surface area contributed by atoms with E-state index in [0.29, 0.717) is 6.54 Å². The Kier molecular flexibility index (Phi) is 5.71. The minimum atomic E-state index is -0.810. The molecular formula is C13H21N3O2. The maximum Gasteiger partial charge on any atom is 0.320 e. The second-order valence-electron chi connectivity index (χ2n) is 4.44. The highest BCUT2D eigenvalue weighted by Gasteiger charge is 2.22. The van der Waals surface area contributed by atoms with Crippen LogP contribution < -0.4 is 5.32 Å². The van der Waals surface area contributed by atoms with E-state index < -0.39 is 12.0 Å². The van der Waals surface area contributed by atoms with Crippen LogP contribution in [0.25, 0.3) is 0 Å². The predicted molar refractivity (Wildman–Crippen MR) is 69.1 cm³/mol. The van der Waals surface area contributed by atoms with Gasteiger partial charge in [0, 0.05) is 30.9 Å². The number of carbonyl (C=O) groups is 1. The van der Waals surface area contributed by atoms with Crippen LogP contribution in [-0.2, 0) is 17.8 Å². The zero-order valence-electron chi connectivity index (χ0n) is 11.2. The molecule has 100 valence electrons. The Morgan fingerprint density at radius 2 is 2.00 bits per heavy atom. The van der Waals surface area contributed by atoms with Crippen molar-refractivity contribution in [2.24, 2.45) is 5.92 Å². The second kappa shape index (κ2) is 7.06. The van der Waals surface area contributed by atoms with Crippen LogP contribution in [-0.4, -0.2) is 27.1 Å². The standard InChI is InChI=1S/C13H21N3O2/c1-4-9(3)12(13(17)18)16-8-10-6-14-11(5-2)15-7-10/h6-7,9,12,16H,4-5,8H2,1-3H3,(H,17,18)/t9-,12-/m0/s1. The van der Waals surface area contributed by atoms with Gasteiger partial charge in [-0.15, -0.1) is 0 Å². The van der Waals surface area contributed by atoms with Crippen LogP contribution in [0.3, 0.4) is 0 Å². The topological polar surface area (TPSA) is 75.1 Å². The summed E-state index contributed by atoms with van der Waals surface area (Å²) in [5, 5.41) is 12.2. The monoisotopic (exact) mass is 251 g/mol. The fraction of sp³-hybridized carbons (Fsp3) is 0.615. The summed E-state index contributed by atoms with van der Waals surface area (Å²) in [4.78, 5) is 19.5. The van der Waals surface area contributed by atoms with E-state index in [1.165, 1.54) is 0 Å². The smallest absolute Gasteiger partial charge is 0.320 e. The Morgan fingerprint density at radius 1 is 1.39 bits per heavy atom. The zero-order chi connectivity index (χ0) is 13.5. The molecule has 5 nitrogen and oxygen atoms in total. The van der Waals surface area contributed by atoms with E-state index in [9.17, 15) is 4.79 Å². The molecule has 0 saturated carbocycles. The summed E-state index contributed by atoms with van der Waals surface area (Å²) in [7, 11) is 0. The van der Waals surface area contributed by atoms with Gasteiger partial charge >= 0.3 is 5.97 Å². The molecule has 0 amide bonds. The molecule has 0 radical (unpaired) electrons. The van der Waals surface area contributed by atoms with Gasteiger partial charge in [-0.3, -0.25) is 10.1 Å². The quantitative estimate of drug-likeness (QED) is 0.770. The lowest BCUT2D eigenvalue weighted by Crippen LogP contribution is -2.41. The van der Waals surface area contributed by atoms with Crippen molar-refractivity contribution in [1.29, 1.82) is 0 Å². The van der Waals surface area contributed by atoms with E-state index in [1.807, 2.05) is 20.8 Å². The molecule has 1 aromatic rings. The first-order chi connectivity index (χ1) is 8.58. The Balaban J connectivity index is 2.58. The Hall–Kier alpha value is -1.49. The van der Waals surface area contributed by atoms with Crippen LogP contribution in [0.5, 0.6) is 0 Å². The van der Waals surface area contributed by atoms with E-state index in [4.69, 9.17) is 5.11 Å². The number of carboxylic acid groups (broad SMARTS) is 1. The summed E-state index contributed by atoms with van der Waals surface area (Å²) >= 11 is 0. The van der Waals surface area contributed by atoms with Gasteiger partial charge in [-0.25, -0.2) is 9.97 Å². The molecule has 2 atom stereocenters. The minimum Gasteiger partial charge on any atom is -0.480 e. The number of aryl methyl sites for hydroxylation is 1. The molecular weight excluding hydrogens is 230 g/mol. The molecule has 0 aliphatic carbocycles. The maximum atomic E-state index is 11.1. The van der Waals surface area contributed by atoms with Gasteiger partial charge in [0.05, 0.1) is 0 Å². The number of nitrogens with one attached hydrogen (secondary N) is 1. The van der Waals surface area contributed by atoms with Gasteiger partial charge in [0.1, 0.15) is 11.9 Å². The molecule has 1 heterocycles. The fourth-order valence-corrected chi connectivity index (χ4v) is 1.65. The van der Waals surface area contributed by atoms with E-state index in [0.717, 1.165) is 24.2 Å². The highest BCUT2D eigenvalue weighted by atomic mass is 16.4. The third-order valence-corrected chi connectivity index (χ3v) is 3.08. The largest absolute Gasteiger partial charge is 0.480 e. The number of aromatic nitrogens is 2. The van der Waals surface area contributed by atoms with Crippen LogP contribution in [0.2, 0.25) is 0 Å². The van der Waals surface area contributed by atoms with Gasteiger partial charge in [-0.05, 0) is 5.92 Å². The molecule has 0 bridgehead atoms. The SMILES string of the molecule is CCc1ncc(CN[C@H](C(=O)O)[C@@H](C)CC)cn1. The van der Waals surface area contributed by atoms with Crippen LogP contribution in [0, 0.1) is 5.92 Å². The number of hydrogen-bond acceptors (Lipinski definition) is 4. The van der Waals surface area contributed by atoms with Crippen molar-refractivity contribution >= 4 is 5.97 Å². The summed E-state index contributed by atoms with van der Waals surface area (Å²) in [5.74, 6) is 0.0873. The predicted octanol–water partition coefficient (Wildman–Crippen LogP) is 1.63. The molecule has 0 saturated heterocycles. The lowest BCUT2D eigenvalue weighted by molar-refractivity contribution is -0.140. The molecule has 0 unspecified atom stereocenters. The molecule has 0 aromatic carbocycles. The molecule has 1 aromatic heterocycles. The van der Waals surface area contributed by atoms with Crippen molar-refractivity contribution in [1.82, 2.24) is 15.3 Å². The second-order valence-corrected chi connectivity index (χ2v) is 4.44. The highest BCUT2D eigenvalue weighted by Crippen LogP contribution is 2.09. The van der Waals surface area contributed by atoms with Crippen molar-refractivity contribution in [3.63, 3.8) is 0 Å². The van der Waals surface area contributed by atoms with E-state index >= 15 is 0 Å². The van der Waals surface area contributed by atoms with Crippen molar-refractivity contribution in [3.8, 4) is 0 Å². The number of rotatable bonds is 7. The van der Waals surface area contributed by atoms with Crippen molar-refractivity contribution in [2.75, 3.05) is 0 Å². The summed E-state index contributed by atoms with van der Waals surface area (Å²) in [5.41, 5.74) is 0.904. The molecule has 1 rings (SSSR count). The minimum absolute atomic E-state index is 0.0957. The number of nitrogens with zero attached hydrogens (tertiary/aromatic N) is 2. The van der Waals surface area contributed by atoms with Crippen molar-refractivity contribution in [2.45, 2.75) is 46.2 Å². The number of aliphatic carboxylic acids is 1. The zero-order valence-corrected chi connectivity index (χ0v) is 11.2. The third kappa shape index (κ3) is 4.07. The molecule has 2 N–H and O–H groups in total. The Bertz CT molecular complexity index is 378. The molecule has 5 heteroatoms. The first kappa shape index (κ1) is 14.6. The van der Waals surface area contributed by atoms with Crippen molar-refractivity contribution in [3.05, 3.63) is 23.8 Å². The van der Waals surface area contributed by atoms with Gasteiger partial charge in [0.15, 0.2) is 0 Å². The van der Waals surface area contributed by atoms with Gasteiger partial charge in [0.2, 0.25) is 0 Å². The third-order valence-electron chi connectivity index (χ3n) is 3.08. The van der Waals surface area contributed by atoms with Gasteiger partial charge in [-0.1, -0.05) is 27.2 Å². The van der Waals surface area contributed by atoms with Crippen LogP contribution in [0.15, 0.2) is 12.4 Å². The van der Waals surface area contributed by atoms with Crippen molar-refractivity contribution < 1.29 is 9.90 Å². The maximum absolute atomic E-state index is 11.1. The van der Waals surface area contributed by atoms with E-state index in [1.54, 1.807) is 12.4 Å². The van der Waals surface area contributed by atoms with Crippen LogP contribution >= 0.6 is 0 Å². The van der Waals surface area contributed by atoms with Gasteiger partial charge in [0.25, 0.3) is 0 Å². The molecule has 0 aliphatic heterocycles.